The van der Waals surface area contributed by atoms with Crippen LogP contribution in [0.1, 0.15) is 5.56 Å². The van der Waals surface area contributed by atoms with Crippen LogP contribution >= 0.6 is 0 Å². The maximum atomic E-state index is 10.1. The van der Waals surface area contributed by atoms with Crippen molar-refractivity contribution in [3.8, 4) is 0 Å². The highest BCUT2D eigenvalue weighted by molar-refractivity contribution is 5.78. The summed E-state index contributed by atoms with van der Waals surface area (Å²) in [5.74, 6) is 0. The van der Waals surface area contributed by atoms with Crippen LogP contribution in [0.15, 0.2) is 22.7 Å². The van der Waals surface area contributed by atoms with E-state index >= 15 is 0 Å². The SMILES string of the molecule is O=[C]Cc1cccc2onnc12. The smallest absolute Gasteiger partial charge is 0.203 e. The second-order valence-corrected chi connectivity index (χ2v) is 2.36. The molecule has 0 bridgehead atoms. The molecule has 0 amide bonds. The highest BCUT2D eigenvalue weighted by Gasteiger charge is 2.04. The molecule has 0 aliphatic carbocycles. The molecule has 0 unspecified atom stereocenters. The quantitative estimate of drug-likeness (QED) is 0.655. The van der Waals surface area contributed by atoms with Gasteiger partial charge in [0, 0.05) is 11.7 Å². The van der Waals surface area contributed by atoms with Gasteiger partial charge >= 0.3 is 0 Å². The van der Waals surface area contributed by atoms with Crippen molar-refractivity contribution in [1.82, 2.24) is 10.4 Å². The van der Waals surface area contributed by atoms with E-state index in [1.54, 1.807) is 24.5 Å². The predicted octanol–water partition coefficient (Wildman–Crippen LogP) is 0.875. The van der Waals surface area contributed by atoms with E-state index in [1.807, 2.05) is 0 Å². The molecule has 1 aromatic heterocycles. The average Bonchev–Trinajstić information content (AvgIpc) is 2.53. The zero-order chi connectivity index (χ0) is 8.39. The number of hydrogen-bond acceptors (Lipinski definition) is 4. The van der Waals surface area contributed by atoms with Crippen LogP contribution in [-0.4, -0.2) is 16.7 Å². The first-order chi connectivity index (χ1) is 5.92. The van der Waals surface area contributed by atoms with Gasteiger partial charge in [-0.15, -0.1) is 5.10 Å². The topological polar surface area (TPSA) is 56.0 Å². The van der Waals surface area contributed by atoms with Gasteiger partial charge in [-0.1, -0.05) is 12.1 Å². The lowest BCUT2D eigenvalue weighted by molar-refractivity contribution is 0.424. The van der Waals surface area contributed by atoms with Gasteiger partial charge in [0.15, 0.2) is 5.58 Å². The third-order valence-electron chi connectivity index (χ3n) is 1.63. The van der Waals surface area contributed by atoms with E-state index in [-0.39, 0.29) is 6.42 Å². The van der Waals surface area contributed by atoms with Gasteiger partial charge in [-0.2, -0.15) is 0 Å². The van der Waals surface area contributed by atoms with Crippen LogP contribution in [0.25, 0.3) is 11.1 Å². The minimum Gasteiger partial charge on any atom is -0.337 e. The summed E-state index contributed by atoms with van der Waals surface area (Å²) < 4.78 is 4.81. The predicted molar refractivity (Wildman–Crippen MR) is 41.2 cm³/mol. The average molecular weight is 161 g/mol. The third kappa shape index (κ3) is 0.972. The number of rotatable bonds is 2. The summed E-state index contributed by atoms with van der Waals surface area (Å²) in [5.41, 5.74) is 2.03. The Hall–Kier alpha value is -1.71. The molecule has 0 saturated heterocycles. The first-order valence-electron chi connectivity index (χ1n) is 3.47. The zero-order valence-corrected chi connectivity index (χ0v) is 6.15. The van der Waals surface area contributed by atoms with Gasteiger partial charge < -0.3 is 4.52 Å². The molecule has 12 heavy (non-hydrogen) atoms. The van der Waals surface area contributed by atoms with E-state index in [0.29, 0.717) is 11.1 Å². The monoisotopic (exact) mass is 161 g/mol. The van der Waals surface area contributed by atoms with Gasteiger partial charge in [0.25, 0.3) is 0 Å². The molecule has 0 spiro atoms. The first kappa shape index (κ1) is 6.97. The van der Waals surface area contributed by atoms with E-state index in [0.717, 1.165) is 5.56 Å². The Morgan fingerprint density at radius 2 is 2.42 bits per heavy atom. The largest absolute Gasteiger partial charge is 0.337 e. The molecule has 0 saturated carbocycles. The molecule has 2 aromatic rings. The maximum absolute atomic E-state index is 10.1. The summed E-state index contributed by atoms with van der Waals surface area (Å²) in [6, 6.07) is 5.35. The molecular weight excluding hydrogens is 156 g/mol. The Bertz CT molecular complexity index is 408. The Labute approximate surface area is 68.2 Å². The van der Waals surface area contributed by atoms with Crippen molar-refractivity contribution in [2.45, 2.75) is 6.42 Å². The van der Waals surface area contributed by atoms with E-state index in [2.05, 4.69) is 10.4 Å². The molecule has 4 heteroatoms. The summed E-state index contributed by atoms with van der Waals surface area (Å²) in [6.45, 7) is 0. The minimum absolute atomic E-state index is 0.228. The van der Waals surface area contributed by atoms with Crippen molar-refractivity contribution in [2.24, 2.45) is 0 Å². The van der Waals surface area contributed by atoms with Crippen molar-refractivity contribution >= 4 is 17.4 Å². The lowest BCUT2D eigenvalue weighted by Crippen LogP contribution is -1.86. The Morgan fingerprint density at radius 3 is 3.25 bits per heavy atom. The molecule has 2 rings (SSSR count). The summed E-state index contributed by atoms with van der Waals surface area (Å²) in [6.07, 6.45) is 2.03. The van der Waals surface area contributed by atoms with E-state index < -0.39 is 0 Å². The fraction of sp³-hybridized carbons (Fsp3) is 0.125. The van der Waals surface area contributed by atoms with Crippen molar-refractivity contribution in [3.63, 3.8) is 0 Å². The van der Waals surface area contributed by atoms with Crippen molar-refractivity contribution in [1.29, 1.82) is 0 Å². The molecule has 0 N–H and O–H groups in total. The highest BCUT2D eigenvalue weighted by Crippen LogP contribution is 2.14. The van der Waals surface area contributed by atoms with Crippen molar-refractivity contribution in [2.75, 3.05) is 0 Å². The first-order valence-corrected chi connectivity index (χ1v) is 3.47. The summed E-state index contributed by atoms with van der Waals surface area (Å²) in [7, 11) is 0. The van der Waals surface area contributed by atoms with Gasteiger partial charge in [0.2, 0.25) is 6.29 Å². The van der Waals surface area contributed by atoms with Crippen LogP contribution in [0, 0.1) is 0 Å². The number of nitrogens with zero attached hydrogens (tertiary/aromatic N) is 2. The fourth-order valence-corrected chi connectivity index (χ4v) is 1.08. The number of hydrogen-bond donors (Lipinski definition) is 0. The van der Waals surface area contributed by atoms with E-state index in [9.17, 15) is 4.79 Å². The molecule has 0 aliphatic rings. The lowest BCUT2D eigenvalue weighted by atomic mass is 10.1. The minimum atomic E-state index is 0.228. The number of carbonyl (C=O) groups excluding carboxylic acids is 1. The van der Waals surface area contributed by atoms with Gasteiger partial charge in [-0.05, 0) is 11.6 Å². The van der Waals surface area contributed by atoms with Gasteiger partial charge in [-0.25, -0.2) is 0 Å². The number of benzene rings is 1. The fourth-order valence-electron chi connectivity index (χ4n) is 1.08. The van der Waals surface area contributed by atoms with E-state index in [4.69, 9.17) is 4.52 Å². The second-order valence-electron chi connectivity index (χ2n) is 2.36. The molecule has 1 aromatic carbocycles. The molecule has 59 valence electrons. The summed E-state index contributed by atoms with van der Waals surface area (Å²) >= 11 is 0. The van der Waals surface area contributed by atoms with Gasteiger partial charge in [0.1, 0.15) is 5.52 Å². The van der Waals surface area contributed by atoms with Crippen LogP contribution in [0.2, 0.25) is 0 Å². The van der Waals surface area contributed by atoms with Gasteiger partial charge in [0.05, 0.1) is 0 Å². The second kappa shape index (κ2) is 2.73. The standard InChI is InChI=1S/C8H5N2O2/c11-5-4-6-2-1-3-7-8(6)9-10-12-7/h1-3H,4H2. The number of fused-ring (bicyclic) bond motifs is 1. The zero-order valence-electron chi connectivity index (χ0n) is 6.15. The lowest BCUT2D eigenvalue weighted by Gasteiger charge is -1.91. The Kier molecular flexibility index (Phi) is 1.59. The molecule has 0 aliphatic heterocycles. The molecule has 0 fully saturated rings. The van der Waals surface area contributed by atoms with E-state index in [1.165, 1.54) is 0 Å². The summed E-state index contributed by atoms with van der Waals surface area (Å²) in [5, 5.41) is 7.13. The Balaban J connectivity index is 2.65. The van der Waals surface area contributed by atoms with Crippen molar-refractivity contribution in [3.05, 3.63) is 23.8 Å². The third-order valence-corrected chi connectivity index (χ3v) is 1.63. The molecule has 0 atom stereocenters. The van der Waals surface area contributed by atoms with Crippen LogP contribution in [-0.2, 0) is 11.2 Å². The molecule has 1 radical (unpaired) electrons. The molecular formula is C8H5N2O2. The van der Waals surface area contributed by atoms with Gasteiger partial charge in [-0.3, -0.25) is 4.79 Å². The highest BCUT2D eigenvalue weighted by atomic mass is 16.5. The maximum Gasteiger partial charge on any atom is 0.203 e. The van der Waals surface area contributed by atoms with Crippen LogP contribution in [0.5, 0.6) is 0 Å². The van der Waals surface area contributed by atoms with Crippen molar-refractivity contribution < 1.29 is 9.32 Å². The normalized spacial score (nSPS) is 10.3. The van der Waals surface area contributed by atoms with Crippen LogP contribution in [0.3, 0.4) is 0 Å². The number of aromatic nitrogens is 2. The summed E-state index contributed by atoms with van der Waals surface area (Å²) in [4.78, 5) is 10.1. The van der Waals surface area contributed by atoms with Crippen LogP contribution < -0.4 is 0 Å². The Morgan fingerprint density at radius 1 is 1.50 bits per heavy atom. The molecule has 4 nitrogen and oxygen atoms in total. The molecule has 1 heterocycles. The van der Waals surface area contributed by atoms with Crippen LogP contribution in [0.4, 0.5) is 0 Å².